The molecule has 6 heteroatoms. The molecule has 0 unspecified atom stereocenters. The number of halogens is 1. The van der Waals surface area contributed by atoms with E-state index in [1.807, 2.05) is 11.4 Å². The second kappa shape index (κ2) is 7.77. The number of thiophene rings is 1. The molecule has 1 amide bonds. The van der Waals surface area contributed by atoms with Gasteiger partial charge < -0.3 is 0 Å². The van der Waals surface area contributed by atoms with E-state index in [0.717, 1.165) is 22.4 Å². The van der Waals surface area contributed by atoms with E-state index in [-0.39, 0.29) is 5.91 Å². The highest BCUT2D eigenvalue weighted by molar-refractivity contribution is 9.10. The molecule has 2 rings (SSSR count). The minimum atomic E-state index is -0.0335. The largest absolute Gasteiger partial charge is 0.294 e. The summed E-state index contributed by atoms with van der Waals surface area (Å²) < 4.78 is 1.04. The van der Waals surface area contributed by atoms with Crippen molar-refractivity contribution in [3.05, 3.63) is 20.8 Å². The maximum atomic E-state index is 11.7. The number of carbonyl (C=O) groups excluding carboxylic acids is 1. The van der Waals surface area contributed by atoms with Crippen LogP contribution in [0.5, 0.6) is 0 Å². The van der Waals surface area contributed by atoms with Gasteiger partial charge in [0.2, 0.25) is 0 Å². The number of carbonyl (C=O) groups is 1. The Bertz CT molecular complexity index is 439. The van der Waals surface area contributed by atoms with Gasteiger partial charge in [0.05, 0.1) is 12.8 Å². The summed E-state index contributed by atoms with van der Waals surface area (Å²) in [5.74, 6) is -0.0335. The molecule has 19 heavy (non-hydrogen) atoms. The summed E-state index contributed by atoms with van der Waals surface area (Å²) in [7, 11) is 0. The third kappa shape index (κ3) is 5.42. The molecule has 0 spiro atoms. The van der Waals surface area contributed by atoms with Crippen molar-refractivity contribution in [3.8, 4) is 0 Å². The summed E-state index contributed by atoms with van der Waals surface area (Å²) >= 11 is 4.96. The average molecular weight is 344 g/mol. The van der Waals surface area contributed by atoms with E-state index in [1.165, 1.54) is 25.7 Å². The quantitative estimate of drug-likeness (QED) is 0.674. The lowest BCUT2D eigenvalue weighted by Gasteiger charge is -2.17. The minimum absolute atomic E-state index is 0.0335. The van der Waals surface area contributed by atoms with Gasteiger partial charge in [0, 0.05) is 14.7 Å². The number of nitrogens with one attached hydrogen (secondary N) is 1. The van der Waals surface area contributed by atoms with E-state index in [1.54, 1.807) is 17.6 Å². The van der Waals surface area contributed by atoms with Crippen LogP contribution in [0, 0.1) is 0 Å². The fourth-order valence-electron chi connectivity index (χ4n) is 2.10. The first-order chi connectivity index (χ1) is 9.24. The molecule has 0 aliphatic carbocycles. The highest BCUT2D eigenvalue weighted by atomic mass is 79.9. The molecule has 0 bridgehead atoms. The molecule has 0 saturated carbocycles. The zero-order chi connectivity index (χ0) is 13.5. The first-order valence-corrected chi connectivity index (χ1v) is 8.19. The predicted molar refractivity (Wildman–Crippen MR) is 82.7 cm³/mol. The number of hydrogen-bond donors (Lipinski definition) is 1. The molecule has 1 N–H and O–H groups in total. The Balaban J connectivity index is 1.73. The summed E-state index contributed by atoms with van der Waals surface area (Å²) in [6.45, 7) is 2.50. The first kappa shape index (κ1) is 14.7. The Morgan fingerprint density at radius 3 is 2.79 bits per heavy atom. The molecule has 0 atom stereocenters. The number of likely N-dealkylation sites (tertiary alicyclic amines) is 1. The first-order valence-electron chi connectivity index (χ1n) is 6.52. The van der Waals surface area contributed by atoms with Crippen molar-refractivity contribution < 1.29 is 4.79 Å². The van der Waals surface area contributed by atoms with Gasteiger partial charge in [-0.05, 0) is 47.9 Å². The van der Waals surface area contributed by atoms with Crippen LogP contribution in [0.3, 0.4) is 0 Å². The van der Waals surface area contributed by atoms with Gasteiger partial charge in [-0.25, -0.2) is 5.43 Å². The van der Waals surface area contributed by atoms with E-state index in [9.17, 15) is 4.79 Å². The van der Waals surface area contributed by atoms with Gasteiger partial charge in [-0.15, -0.1) is 11.3 Å². The fourth-order valence-corrected chi connectivity index (χ4v) is 3.40. The van der Waals surface area contributed by atoms with Gasteiger partial charge in [-0.3, -0.25) is 9.69 Å². The molecule has 1 aliphatic rings. The van der Waals surface area contributed by atoms with Gasteiger partial charge in [0.1, 0.15) is 0 Å². The van der Waals surface area contributed by atoms with E-state index in [2.05, 4.69) is 31.4 Å². The molecule has 1 saturated heterocycles. The topological polar surface area (TPSA) is 44.7 Å². The summed E-state index contributed by atoms with van der Waals surface area (Å²) in [5.41, 5.74) is 2.59. The van der Waals surface area contributed by atoms with Crippen molar-refractivity contribution in [3.63, 3.8) is 0 Å². The SMILES string of the molecule is O=C(CN1CCCCCC1)N/N=C/c1cc(Br)cs1. The van der Waals surface area contributed by atoms with Gasteiger partial charge in [0.25, 0.3) is 5.91 Å². The fraction of sp³-hybridized carbons (Fsp3) is 0.538. The van der Waals surface area contributed by atoms with E-state index < -0.39 is 0 Å². The summed E-state index contributed by atoms with van der Waals surface area (Å²) in [6.07, 6.45) is 6.63. The predicted octanol–water partition coefficient (Wildman–Crippen LogP) is 2.84. The van der Waals surface area contributed by atoms with Crippen molar-refractivity contribution in [2.24, 2.45) is 5.10 Å². The van der Waals surface area contributed by atoms with Crippen molar-refractivity contribution in [1.82, 2.24) is 10.3 Å². The molecule has 0 aromatic carbocycles. The zero-order valence-corrected chi connectivity index (χ0v) is 13.2. The van der Waals surface area contributed by atoms with Crippen LogP contribution in [0.1, 0.15) is 30.6 Å². The molecular formula is C13H18BrN3OS. The van der Waals surface area contributed by atoms with Gasteiger partial charge >= 0.3 is 0 Å². The van der Waals surface area contributed by atoms with Crippen LogP contribution in [-0.4, -0.2) is 36.7 Å². The Morgan fingerprint density at radius 1 is 1.42 bits per heavy atom. The summed E-state index contributed by atoms with van der Waals surface area (Å²) in [5, 5.41) is 5.97. The second-order valence-electron chi connectivity index (χ2n) is 4.65. The Kier molecular flexibility index (Phi) is 6.00. The minimum Gasteiger partial charge on any atom is -0.294 e. The molecular weight excluding hydrogens is 326 g/mol. The van der Waals surface area contributed by atoms with Crippen molar-refractivity contribution >= 4 is 39.4 Å². The van der Waals surface area contributed by atoms with Gasteiger partial charge in [-0.2, -0.15) is 5.10 Å². The van der Waals surface area contributed by atoms with Crippen LogP contribution in [0.2, 0.25) is 0 Å². The number of hydrogen-bond acceptors (Lipinski definition) is 4. The number of amides is 1. The molecule has 1 fully saturated rings. The lowest BCUT2D eigenvalue weighted by Crippen LogP contribution is -2.35. The smallest absolute Gasteiger partial charge is 0.254 e. The normalized spacial score (nSPS) is 17.5. The monoisotopic (exact) mass is 343 g/mol. The Morgan fingerprint density at radius 2 is 2.16 bits per heavy atom. The van der Waals surface area contributed by atoms with E-state index in [4.69, 9.17) is 0 Å². The zero-order valence-electron chi connectivity index (χ0n) is 10.8. The average Bonchev–Trinajstić information content (AvgIpc) is 2.63. The maximum Gasteiger partial charge on any atom is 0.254 e. The third-order valence-corrected chi connectivity index (χ3v) is 4.66. The molecule has 104 valence electrons. The number of rotatable bonds is 4. The van der Waals surface area contributed by atoms with Crippen LogP contribution in [0.4, 0.5) is 0 Å². The van der Waals surface area contributed by atoms with Gasteiger partial charge in [-0.1, -0.05) is 12.8 Å². The standard InChI is InChI=1S/C13H18BrN3OS/c14-11-7-12(19-10-11)8-15-16-13(18)9-17-5-3-1-2-4-6-17/h7-8,10H,1-6,9H2,(H,16,18)/b15-8+. The molecule has 1 aliphatic heterocycles. The van der Waals surface area contributed by atoms with Gasteiger partial charge in [0.15, 0.2) is 0 Å². The van der Waals surface area contributed by atoms with Crippen LogP contribution >= 0.6 is 27.3 Å². The Labute approximate surface area is 126 Å². The van der Waals surface area contributed by atoms with Crippen molar-refractivity contribution in [2.45, 2.75) is 25.7 Å². The molecule has 0 radical (unpaired) electrons. The number of nitrogens with zero attached hydrogens (tertiary/aromatic N) is 2. The Hall–Kier alpha value is -0.720. The second-order valence-corrected chi connectivity index (χ2v) is 6.51. The molecule has 2 heterocycles. The van der Waals surface area contributed by atoms with Crippen LogP contribution in [-0.2, 0) is 4.79 Å². The van der Waals surface area contributed by atoms with Crippen molar-refractivity contribution in [2.75, 3.05) is 19.6 Å². The molecule has 1 aromatic rings. The summed E-state index contributed by atoms with van der Waals surface area (Å²) in [6, 6.07) is 1.97. The van der Waals surface area contributed by atoms with Crippen LogP contribution < -0.4 is 5.43 Å². The molecule has 1 aromatic heterocycles. The van der Waals surface area contributed by atoms with Crippen molar-refractivity contribution in [1.29, 1.82) is 0 Å². The summed E-state index contributed by atoms with van der Waals surface area (Å²) in [4.78, 5) is 15.0. The van der Waals surface area contributed by atoms with Crippen LogP contribution in [0.25, 0.3) is 0 Å². The number of hydrazone groups is 1. The molecule has 4 nitrogen and oxygen atoms in total. The lowest BCUT2D eigenvalue weighted by molar-refractivity contribution is -0.122. The van der Waals surface area contributed by atoms with E-state index in [0.29, 0.717) is 6.54 Å². The highest BCUT2D eigenvalue weighted by Crippen LogP contribution is 2.17. The van der Waals surface area contributed by atoms with E-state index >= 15 is 0 Å². The maximum absolute atomic E-state index is 11.7. The lowest BCUT2D eigenvalue weighted by atomic mass is 10.2. The third-order valence-electron chi connectivity index (χ3n) is 3.03. The highest BCUT2D eigenvalue weighted by Gasteiger charge is 2.12. The van der Waals surface area contributed by atoms with Crippen LogP contribution in [0.15, 0.2) is 21.0 Å².